The second-order valence-corrected chi connectivity index (χ2v) is 7.79. The van der Waals surface area contributed by atoms with Crippen LogP contribution in [0.5, 0.6) is 0 Å². The smallest absolute Gasteiger partial charge is 0.480 e. The number of aliphatic carboxylic acids is 1. The highest BCUT2D eigenvalue weighted by Gasteiger charge is 2.36. The molecule has 1 unspecified atom stereocenters. The summed E-state index contributed by atoms with van der Waals surface area (Å²) in [5.74, 6) is -0.0168. The molecule has 96 valence electrons. The van der Waals surface area contributed by atoms with Crippen molar-refractivity contribution < 1.29 is 23.2 Å². The van der Waals surface area contributed by atoms with Crippen LogP contribution in [0.4, 0.5) is 0 Å². The van der Waals surface area contributed by atoms with Crippen LogP contribution in [-0.2, 0) is 18.1 Å². The lowest BCUT2D eigenvalue weighted by Gasteiger charge is -2.24. The minimum atomic E-state index is -2.48. The standard InChI is InChI=1S/C9H20O5SSi/c1-8(9(10)11)15-6-5-7-16(12-2,13-3)14-4/h8H,5-7H2,1-4H3,(H,10,11). The van der Waals surface area contributed by atoms with Gasteiger partial charge in [-0.15, -0.1) is 11.8 Å². The van der Waals surface area contributed by atoms with Crippen molar-refractivity contribution in [1.82, 2.24) is 0 Å². The highest BCUT2D eigenvalue weighted by Crippen LogP contribution is 2.19. The third kappa shape index (κ3) is 5.31. The van der Waals surface area contributed by atoms with Gasteiger partial charge in [0.1, 0.15) is 0 Å². The topological polar surface area (TPSA) is 65.0 Å². The summed E-state index contributed by atoms with van der Waals surface area (Å²) in [5, 5.41) is 8.32. The molecule has 0 fully saturated rings. The Labute approximate surface area is 102 Å². The second kappa shape index (κ2) is 8.07. The molecule has 0 aromatic heterocycles. The Morgan fingerprint density at radius 3 is 2.19 bits per heavy atom. The Morgan fingerprint density at radius 2 is 1.81 bits per heavy atom. The van der Waals surface area contributed by atoms with E-state index >= 15 is 0 Å². The van der Waals surface area contributed by atoms with Gasteiger partial charge in [-0.05, 0) is 19.1 Å². The molecule has 0 aliphatic heterocycles. The van der Waals surface area contributed by atoms with Crippen molar-refractivity contribution in [3.8, 4) is 0 Å². The van der Waals surface area contributed by atoms with E-state index in [1.807, 2.05) is 0 Å². The summed E-state index contributed by atoms with van der Waals surface area (Å²) in [5.41, 5.74) is 0. The van der Waals surface area contributed by atoms with Gasteiger partial charge < -0.3 is 18.4 Å². The average Bonchev–Trinajstić information content (AvgIpc) is 2.30. The molecule has 7 heteroatoms. The summed E-state index contributed by atoms with van der Waals surface area (Å²) >= 11 is 1.41. The zero-order valence-corrected chi connectivity index (χ0v) is 12.0. The number of rotatable bonds is 9. The van der Waals surface area contributed by atoms with Crippen LogP contribution in [0.25, 0.3) is 0 Å². The minimum absolute atomic E-state index is 0.372. The van der Waals surface area contributed by atoms with Crippen molar-refractivity contribution in [3.05, 3.63) is 0 Å². The lowest BCUT2D eigenvalue weighted by atomic mass is 10.5. The van der Waals surface area contributed by atoms with Crippen LogP contribution >= 0.6 is 11.8 Å². The van der Waals surface area contributed by atoms with Crippen LogP contribution in [0.1, 0.15) is 13.3 Å². The van der Waals surface area contributed by atoms with E-state index in [0.29, 0.717) is 6.04 Å². The van der Waals surface area contributed by atoms with E-state index in [2.05, 4.69) is 0 Å². The van der Waals surface area contributed by atoms with Gasteiger partial charge in [-0.1, -0.05) is 0 Å². The fraction of sp³-hybridized carbons (Fsp3) is 0.889. The van der Waals surface area contributed by atoms with Gasteiger partial charge in [0.25, 0.3) is 0 Å². The fourth-order valence-corrected chi connectivity index (χ4v) is 3.96. The number of carboxylic acid groups (broad SMARTS) is 1. The summed E-state index contributed by atoms with van der Waals surface area (Å²) in [6.45, 7) is 1.68. The van der Waals surface area contributed by atoms with E-state index < -0.39 is 14.8 Å². The summed E-state index contributed by atoms with van der Waals surface area (Å²) in [6.07, 6.45) is 0.823. The largest absolute Gasteiger partial charge is 0.500 e. The van der Waals surface area contributed by atoms with Crippen molar-refractivity contribution in [2.75, 3.05) is 27.1 Å². The van der Waals surface area contributed by atoms with Gasteiger partial charge in [-0.2, -0.15) is 0 Å². The summed E-state index contributed by atoms with van der Waals surface area (Å²) in [7, 11) is 2.25. The van der Waals surface area contributed by atoms with Gasteiger partial charge >= 0.3 is 14.8 Å². The van der Waals surface area contributed by atoms with Crippen molar-refractivity contribution in [3.63, 3.8) is 0 Å². The molecule has 0 aliphatic rings. The first-order valence-electron chi connectivity index (χ1n) is 5.01. The van der Waals surface area contributed by atoms with Crippen LogP contribution in [0.15, 0.2) is 0 Å². The molecular formula is C9H20O5SSi. The highest BCUT2D eigenvalue weighted by atomic mass is 32.2. The zero-order valence-electron chi connectivity index (χ0n) is 10.2. The minimum Gasteiger partial charge on any atom is -0.480 e. The Bertz CT molecular complexity index is 202. The third-order valence-electron chi connectivity index (χ3n) is 2.28. The molecule has 1 atom stereocenters. The van der Waals surface area contributed by atoms with Crippen LogP contribution in [-0.4, -0.2) is 52.2 Å². The maximum atomic E-state index is 10.6. The summed E-state index contributed by atoms with van der Waals surface area (Å²) in [4.78, 5) is 10.6. The molecule has 0 radical (unpaired) electrons. The van der Waals surface area contributed by atoms with Gasteiger partial charge in [0.15, 0.2) is 0 Å². The number of hydrogen-bond acceptors (Lipinski definition) is 5. The molecule has 16 heavy (non-hydrogen) atoms. The van der Waals surface area contributed by atoms with Gasteiger partial charge in [-0.25, -0.2) is 0 Å². The molecule has 0 saturated carbocycles. The third-order valence-corrected chi connectivity index (χ3v) is 6.33. The van der Waals surface area contributed by atoms with Crippen molar-refractivity contribution in [2.24, 2.45) is 0 Å². The van der Waals surface area contributed by atoms with Crippen LogP contribution in [0.2, 0.25) is 6.04 Å². The quantitative estimate of drug-likeness (QED) is 0.504. The molecule has 0 bridgehead atoms. The highest BCUT2D eigenvalue weighted by molar-refractivity contribution is 8.00. The Morgan fingerprint density at radius 1 is 1.31 bits per heavy atom. The molecule has 0 amide bonds. The first-order valence-corrected chi connectivity index (χ1v) is 7.99. The van der Waals surface area contributed by atoms with E-state index in [1.54, 1.807) is 28.3 Å². The maximum absolute atomic E-state index is 10.6. The number of thioether (sulfide) groups is 1. The molecule has 0 aromatic rings. The molecule has 0 aliphatic carbocycles. The van der Waals surface area contributed by atoms with E-state index in [0.717, 1.165) is 12.2 Å². The SMILES string of the molecule is CO[Si](CCCSC(C)C(=O)O)(OC)OC. The van der Waals surface area contributed by atoms with E-state index in [1.165, 1.54) is 11.8 Å². The molecule has 0 spiro atoms. The molecule has 0 aromatic carbocycles. The van der Waals surface area contributed by atoms with Crippen molar-refractivity contribution >= 4 is 26.5 Å². The van der Waals surface area contributed by atoms with Crippen LogP contribution in [0, 0.1) is 0 Å². The Hall–Kier alpha value is -0.0831. The van der Waals surface area contributed by atoms with Crippen molar-refractivity contribution in [2.45, 2.75) is 24.6 Å². The lowest BCUT2D eigenvalue weighted by Crippen LogP contribution is -2.42. The maximum Gasteiger partial charge on any atom is 0.500 e. The van der Waals surface area contributed by atoms with E-state index in [-0.39, 0.29) is 5.25 Å². The van der Waals surface area contributed by atoms with Crippen LogP contribution < -0.4 is 0 Å². The number of carboxylic acids is 1. The van der Waals surface area contributed by atoms with Crippen LogP contribution in [0.3, 0.4) is 0 Å². The fourth-order valence-electron chi connectivity index (χ4n) is 1.18. The lowest BCUT2D eigenvalue weighted by molar-refractivity contribution is -0.136. The van der Waals surface area contributed by atoms with Crippen molar-refractivity contribution in [1.29, 1.82) is 0 Å². The molecular weight excluding hydrogens is 248 g/mol. The molecule has 0 heterocycles. The zero-order chi connectivity index (χ0) is 12.6. The molecule has 0 saturated heterocycles. The predicted octanol–water partition coefficient (Wildman–Crippen LogP) is 1.46. The van der Waals surface area contributed by atoms with Gasteiger partial charge in [0.05, 0.1) is 5.25 Å². The number of carbonyl (C=O) groups is 1. The van der Waals surface area contributed by atoms with E-state index in [9.17, 15) is 4.79 Å². The first-order chi connectivity index (χ1) is 7.51. The van der Waals surface area contributed by atoms with Gasteiger partial charge in [0.2, 0.25) is 0 Å². The summed E-state index contributed by atoms with van der Waals surface area (Å²) in [6, 6.07) is 0.704. The summed E-state index contributed by atoms with van der Waals surface area (Å²) < 4.78 is 15.8. The first kappa shape index (κ1) is 15.9. The predicted molar refractivity (Wildman–Crippen MR) is 65.8 cm³/mol. The average molecular weight is 268 g/mol. The molecule has 0 rings (SSSR count). The van der Waals surface area contributed by atoms with Gasteiger partial charge in [0, 0.05) is 27.4 Å². The Kier molecular flexibility index (Phi) is 8.03. The van der Waals surface area contributed by atoms with E-state index in [4.69, 9.17) is 18.4 Å². The second-order valence-electron chi connectivity index (χ2n) is 3.25. The number of hydrogen-bond donors (Lipinski definition) is 1. The molecule has 1 N–H and O–H groups in total. The van der Waals surface area contributed by atoms with Gasteiger partial charge in [-0.3, -0.25) is 4.79 Å². The normalized spacial score (nSPS) is 13.8. The monoisotopic (exact) mass is 268 g/mol. The Balaban J connectivity index is 3.83. The molecule has 5 nitrogen and oxygen atoms in total.